The van der Waals surface area contributed by atoms with Crippen LogP contribution < -0.4 is 37.3 Å². The van der Waals surface area contributed by atoms with Gasteiger partial charge in [-0.3, -0.25) is 9.78 Å². The number of ether oxygens (including phenoxy) is 1. The predicted octanol–water partition coefficient (Wildman–Crippen LogP) is 4.68. The summed E-state index contributed by atoms with van der Waals surface area (Å²) in [6, 6.07) is 8.79. The average Bonchev–Trinajstić information content (AvgIpc) is 4.02. The molecule has 10 heteroatoms. The fourth-order valence-corrected chi connectivity index (χ4v) is 5.77. The second kappa shape index (κ2) is 17.8. The fraction of sp³-hybridized carbons (Fsp3) is 0.432. The van der Waals surface area contributed by atoms with Crippen molar-refractivity contribution in [3.63, 3.8) is 0 Å². The summed E-state index contributed by atoms with van der Waals surface area (Å²) >= 11 is 0. The molecular formula is C37H49BF2N5O2. The molecule has 6 N–H and O–H groups in total. The minimum absolute atomic E-state index is 0.0395. The van der Waals surface area contributed by atoms with E-state index >= 15 is 0 Å². The number of hydrogen-bond donors (Lipinski definition) is 4. The number of nitrogens with one attached hydrogen (secondary N) is 2. The van der Waals surface area contributed by atoms with E-state index in [9.17, 15) is 13.6 Å². The fourth-order valence-electron chi connectivity index (χ4n) is 5.77. The molecule has 2 saturated carbocycles. The van der Waals surface area contributed by atoms with Crippen molar-refractivity contribution >= 4 is 38.3 Å². The maximum absolute atomic E-state index is 14.7. The zero-order valence-corrected chi connectivity index (χ0v) is 28.3. The third-order valence-corrected chi connectivity index (χ3v) is 8.56. The van der Waals surface area contributed by atoms with Gasteiger partial charge in [0.15, 0.2) is 5.82 Å². The van der Waals surface area contributed by atoms with Gasteiger partial charge in [0, 0.05) is 46.4 Å². The first-order valence-corrected chi connectivity index (χ1v) is 16.4. The number of likely N-dealkylation sites (N-methyl/N-ethyl adjacent to an activating group) is 1. The summed E-state index contributed by atoms with van der Waals surface area (Å²) < 4.78 is 34.5. The zero-order chi connectivity index (χ0) is 34.7. The number of rotatable bonds is 9. The topological polar surface area (TPSA) is 115 Å². The van der Waals surface area contributed by atoms with Crippen LogP contribution in [0.1, 0.15) is 91.9 Å². The molecular weight excluding hydrogens is 595 g/mol. The number of aldehydes is 1. The van der Waals surface area contributed by atoms with Crippen molar-refractivity contribution in [2.24, 2.45) is 11.7 Å². The Hall–Kier alpha value is -4.05. The third-order valence-electron chi connectivity index (χ3n) is 8.56. The van der Waals surface area contributed by atoms with Crippen LogP contribution in [0.5, 0.6) is 5.75 Å². The number of nitrogen functional groups attached to an aromatic ring is 1. The molecule has 2 fully saturated rings. The van der Waals surface area contributed by atoms with Gasteiger partial charge >= 0.3 is 19.3 Å². The number of aromatic nitrogens is 1. The van der Waals surface area contributed by atoms with Gasteiger partial charge in [0.2, 0.25) is 0 Å². The number of carbonyl (C=O) groups is 1. The van der Waals surface area contributed by atoms with Crippen LogP contribution >= 0.6 is 0 Å². The van der Waals surface area contributed by atoms with Crippen LogP contribution in [0.25, 0.3) is 24.0 Å². The molecule has 47 heavy (non-hydrogen) atoms. The Bertz CT molecular complexity index is 1640. The third kappa shape index (κ3) is 9.50. The van der Waals surface area contributed by atoms with E-state index in [-0.39, 0.29) is 17.2 Å². The number of fused-ring (bicyclic) bond motifs is 1. The summed E-state index contributed by atoms with van der Waals surface area (Å²) in [6.07, 6.45) is 10.3. The average molecular weight is 645 g/mol. The van der Waals surface area contributed by atoms with E-state index in [1.54, 1.807) is 13.2 Å². The van der Waals surface area contributed by atoms with Crippen molar-refractivity contribution in [3.05, 3.63) is 74.8 Å². The van der Waals surface area contributed by atoms with Gasteiger partial charge in [-0.1, -0.05) is 27.4 Å². The summed E-state index contributed by atoms with van der Waals surface area (Å²) in [7, 11) is 8.01. The quantitative estimate of drug-likeness (QED) is 0.152. The second-order valence-corrected chi connectivity index (χ2v) is 11.9. The number of carbonyl (C=O) groups excluding carboxylic acids is 1. The van der Waals surface area contributed by atoms with Crippen molar-refractivity contribution in [1.82, 2.24) is 15.6 Å². The van der Waals surface area contributed by atoms with Crippen molar-refractivity contribution < 1.29 is 18.3 Å². The van der Waals surface area contributed by atoms with Crippen LogP contribution in [-0.2, 0) is 6.42 Å². The van der Waals surface area contributed by atoms with Crippen molar-refractivity contribution in [3.8, 4) is 17.0 Å². The predicted molar refractivity (Wildman–Crippen MR) is 191 cm³/mol. The first-order valence-electron chi connectivity index (χ1n) is 16.4. The van der Waals surface area contributed by atoms with Crippen LogP contribution in [0.4, 0.5) is 14.5 Å². The molecule has 251 valence electrons. The van der Waals surface area contributed by atoms with E-state index in [2.05, 4.69) is 43.4 Å². The van der Waals surface area contributed by atoms with Crippen LogP contribution in [0, 0.1) is 17.6 Å². The van der Waals surface area contributed by atoms with Crippen molar-refractivity contribution in [2.75, 3.05) is 26.4 Å². The SMILES string of the molecule is C=c1c(OC)cc(C=O)c/c1=C/NC1CC1.CC.CNCC(c1cc2c(c(-c3c(F)ccc(N)c3F)n1)CCC2C)C1CC1.[B]=CN. The van der Waals surface area contributed by atoms with E-state index in [4.69, 9.17) is 15.5 Å². The Morgan fingerprint density at radius 2 is 1.83 bits per heavy atom. The van der Waals surface area contributed by atoms with Crippen molar-refractivity contribution in [1.29, 1.82) is 0 Å². The molecule has 0 aliphatic heterocycles. The first kappa shape index (κ1) is 37.4. The second-order valence-electron chi connectivity index (χ2n) is 11.9. The standard InChI is InChI=1S/C21H25F2N3.C13H15NO2.C2H6.CH3BN/c1-11-3-6-13-14(11)9-18(15(10-25-2)12-4-5-12)26-21(13)19-16(22)7-8-17(24)20(19)23;1-9-11(7-14-12-3-4-12)5-10(8-15)6-13(9)16-2;1-2;2-1-3/h7-9,11-12,15,25H,3-6,10,24H2,1-2H3;5-8,12,14H,1,3-4H2,2H3;1-2H3;1H,3H2/b;11-7-;;. The summed E-state index contributed by atoms with van der Waals surface area (Å²) in [5.41, 5.74) is 14.3. The zero-order valence-electron chi connectivity index (χ0n) is 28.3. The molecule has 0 saturated heterocycles. The van der Waals surface area contributed by atoms with Crippen LogP contribution in [-0.4, -0.2) is 51.6 Å². The Labute approximate surface area is 279 Å². The van der Waals surface area contributed by atoms with Crippen LogP contribution in [0.2, 0.25) is 0 Å². The van der Waals surface area contributed by atoms with E-state index in [0.29, 0.717) is 34.9 Å². The molecule has 2 aromatic carbocycles. The summed E-state index contributed by atoms with van der Waals surface area (Å²) in [6.45, 7) is 11.0. The molecule has 2 atom stereocenters. The number of benzene rings is 2. The molecule has 0 spiro atoms. The summed E-state index contributed by atoms with van der Waals surface area (Å²) in [4.78, 5) is 15.6. The number of nitrogens with two attached hydrogens (primary N) is 2. The molecule has 3 aliphatic rings. The first-order chi connectivity index (χ1) is 22.7. The van der Waals surface area contributed by atoms with Crippen LogP contribution in [0.3, 0.4) is 0 Å². The van der Waals surface area contributed by atoms with Gasteiger partial charge in [-0.15, -0.1) is 0 Å². The summed E-state index contributed by atoms with van der Waals surface area (Å²) in [5.74, 6) is 0.616. The molecule has 1 radical (unpaired) electrons. The molecule has 1 aromatic heterocycles. The van der Waals surface area contributed by atoms with Gasteiger partial charge in [-0.25, -0.2) is 8.78 Å². The normalized spacial score (nSPS) is 17.0. The molecule has 3 aliphatic carbocycles. The number of pyridine rings is 1. The summed E-state index contributed by atoms with van der Waals surface area (Å²) in [5, 5.41) is 8.25. The van der Waals surface area contributed by atoms with Crippen LogP contribution in [0.15, 0.2) is 30.3 Å². The molecule has 7 nitrogen and oxygen atoms in total. The van der Waals surface area contributed by atoms with Crippen molar-refractivity contribution in [2.45, 2.75) is 77.2 Å². The number of nitrogens with zero attached hydrogens (tertiary/aromatic N) is 1. The van der Waals surface area contributed by atoms with E-state index in [0.717, 1.165) is 53.5 Å². The van der Waals surface area contributed by atoms with Gasteiger partial charge in [0.25, 0.3) is 0 Å². The number of methoxy groups -OCH3 is 1. The van der Waals surface area contributed by atoms with E-state index < -0.39 is 11.6 Å². The molecule has 6 rings (SSSR count). The Balaban J connectivity index is 0.000000245. The van der Waals surface area contributed by atoms with Gasteiger partial charge in [-0.2, -0.15) is 0 Å². The van der Waals surface area contributed by atoms with Gasteiger partial charge in [0.05, 0.1) is 24.1 Å². The minimum atomic E-state index is -0.701. The molecule has 3 aromatic rings. The maximum atomic E-state index is 14.7. The molecule has 0 bridgehead atoms. The Morgan fingerprint density at radius 1 is 1.15 bits per heavy atom. The molecule has 1 heterocycles. The monoisotopic (exact) mass is 644 g/mol. The van der Waals surface area contributed by atoms with E-state index in [1.165, 1.54) is 43.4 Å². The number of halogens is 2. The molecule has 2 unspecified atom stereocenters. The van der Waals surface area contributed by atoms with Gasteiger partial charge in [0.1, 0.15) is 17.9 Å². The van der Waals surface area contributed by atoms with E-state index in [1.807, 2.05) is 33.2 Å². The van der Waals surface area contributed by atoms with Gasteiger partial charge < -0.3 is 21.1 Å². The number of hydrogen-bond acceptors (Lipinski definition) is 7. The number of anilines is 1. The van der Waals surface area contributed by atoms with Gasteiger partial charge in [-0.05, 0) is 98.9 Å². The molecule has 0 amide bonds. The Morgan fingerprint density at radius 3 is 2.40 bits per heavy atom. The Kier molecular flexibility index (Phi) is 14.1.